The maximum Gasteiger partial charge on any atom is 0.119 e. The monoisotopic (exact) mass is 248 g/mol. The van der Waals surface area contributed by atoms with Crippen LogP contribution in [0.4, 0.5) is 0 Å². The van der Waals surface area contributed by atoms with E-state index in [0.717, 1.165) is 18.6 Å². The summed E-state index contributed by atoms with van der Waals surface area (Å²) >= 11 is 0. The van der Waals surface area contributed by atoms with Crippen LogP contribution in [-0.2, 0) is 6.42 Å². The van der Waals surface area contributed by atoms with Gasteiger partial charge in [0.05, 0.1) is 12.7 Å². The van der Waals surface area contributed by atoms with E-state index in [-0.39, 0.29) is 6.10 Å². The fraction of sp³-hybridized carbons (Fsp3) is 0.625. The zero-order valence-corrected chi connectivity index (χ0v) is 11.3. The number of ether oxygens (including phenoxy) is 1. The Morgan fingerprint density at radius 3 is 2.50 bits per heavy atom. The normalized spacial score (nSPS) is 17.9. The fourth-order valence-electron chi connectivity index (χ4n) is 2.70. The zero-order chi connectivity index (χ0) is 12.8. The lowest BCUT2D eigenvalue weighted by Crippen LogP contribution is -2.20. The summed E-state index contributed by atoms with van der Waals surface area (Å²) < 4.78 is 5.68. The Hall–Kier alpha value is -1.02. The molecule has 18 heavy (non-hydrogen) atoms. The summed E-state index contributed by atoms with van der Waals surface area (Å²) in [6.07, 6.45) is 6.56. The quantitative estimate of drug-likeness (QED) is 0.834. The lowest BCUT2D eigenvalue weighted by molar-refractivity contribution is 0.0853. The molecular weight excluding hydrogens is 224 g/mol. The third-order valence-electron chi connectivity index (χ3n) is 3.96. The second-order valence-electron chi connectivity index (χ2n) is 5.25. The molecule has 1 aromatic rings. The van der Waals surface area contributed by atoms with Gasteiger partial charge in [0.25, 0.3) is 0 Å². The predicted molar refractivity (Wildman–Crippen MR) is 73.9 cm³/mol. The molecule has 1 aromatic carbocycles. The summed E-state index contributed by atoms with van der Waals surface area (Å²) in [6, 6.07) is 8.23. The first-order valence-electron chi connectivity index (χ1n) is 7.19. The molecule has 1 atom stereocenters. The van der Waals surface area contributed by atoms with Crippen molar-refractivity contribution in [3.8, 4) is 5.75 Å². The highest BCUT2D eigenvalue weighted by molar-refractivity contribution is 5.27. The minimum atomic E-state index is -0.178. The van der Waals surface area contributed by atoms with Gasteiger partial charge >= 0.3 is 0 Å². The molecule has 0 saturated heterocycles. The summed E-state index contributed by atoms with van der Waals surface area (Å²) in [6.45, 7) is 2.76. The highest BCUT2D eigenvalue weighted by atomic mass is 16.5. The fourth-order valence-corrected chi connectivity index (χ4v) is 2.70. The Morgan fingerprint density at radius 2 is 1.89 bits per heavy atom. The van der Waals surface area contributed by atoms with Crippen LogP contribution in [0.2, 0.25) is 0 Å². The van der Waals surface area contributed by atoms with Crippen LogP contribution in [0.5, 0.6) is 5.75 Å². The number of hydrogen-bond acceptors (Lipinski definition) is 2. The lowest BCUT2D eigenvalue weighted by atomic mass is 9.99. The van der Waals surface area contributed by atoms with Crippen LogP contribution in [-0.4, -0.2) is 17.8 Å². The highest BCUT2D eigenvalue weighted by Gasteiger charge is 2.22. The van der Waals surface area contributed by atoms with Gasteiger partial charge in [-0.15, -0.1) is 0 Å². The molecule has 0 bridgehead atoms. The number of benzene rings is 1. The Morgan fingerprint density at radius 1 is 1.22 bits per heavy atom. The predicted octanol–water partition coefficient (Wildman–Crippen LogP) is 3.57. The number of rotatable bonds is 6. The van der Waals surface area contributed by atoms with Gasteiger partial charge in [-0.2, -0.15) is 0 Å². The van der Waals surface area contributed by atoms with Crippen molar-refractivity contribution in [1.82, 2.24) is 0 Å². The average Bonchev–Trinajstić information content (AvgIpc) is 2.93. The van der Waals surface area contributed by atoms with E-state index in [0.29, 0.717) is 12.5 Å². The maximum atomic E-state index is 10.0. The van der Waals surface area contributed by atoms with Crippen molar-refractivity contribution < 1.29 is 9.84 Å². The number of aryl methyl sites for hydroxylation is 1. The van der Waals surface area contributed by atoms with Crippen molar-refractivity contribution in [3.63, 3.8) is 0 Å². The van der Waals surface area contributed by atoms with Crippen molar-refractivity contribution in [2.75, 3.05) is 6.61 Å². The second kappa shape index (κ2) is 6.79. The van der Waals surface area contributed by atoms with Gasteiger partial charge in [-0.3, -0.25) is 0 Å². The van der Waals surface area contributed by atoms with E-state index in [9.17, 15) is 5.11 Å². The molecule has 0 aliphatic heterocycles. The van der Waals surface area contributed by atoms with Gasteiger partial charge in [-0.05, 0) is 42.9 Å². The summed E-state index contributed by atoms with van der Waals surface area (Å²) in [4.78, 5) is 0. The van der Waals surface area contributed by atoms with Crippen molar-refractivity contribution in [2.45, 2.75) is 51.6 Å². The summed E-state index contributed by atoms with van der Waals surface area (Å²) in [7, 11) is 0. The molecular formula is C16H24O2. The molecule has 1 N–H and O–H groups in total. The van der Waals surface area contributed by atoms with Gasteiger partial charge in [-0.1, -0.05) is 31.9 Å². The number of aliphatic hydroxyl groups is 1. The largest absolute Gasteiger partial charge is 0.493 e. The Bertz CT molecular complexity index is 339. The van der Waals surface area contributed by atoms with Gasteiger partial charge in [-0.25, -0.2) is 0 Å². The number of hydrogen-bond donors (Lipinski definition) is 1. The molecule has 0 spiro atoms. The van der Waals surface area contributed by atoms with Crippen molar-refractivity contribution >= 4 is 0 Å². The van der Waals surface area contributed by atoms with E-state index in [2.05, 4.69) is 19.1 Å². The first-order chi connectivity index (χ1) is 8.79. The van der Waals surface area contributed by atoms with Crippen LogP contribution in [0.1, 0.15) is 44.6 Å². The molecule has 1 fully saturated rings. The van der Waals surface area contributed by atoms with Crippen LogP contribution in [0.25, 0.3) is 0 Å². The van der Waals surface area contributed by atoms with E-state index in [4.69, 9.17) is 4.74 Å². The lowest BCUT2D eigenvalue weighted by Gasteiger charge is -2.17. The van der Waals surface area contributed by atoms with Gasteiger partial charge in [0.2, 0.25) is 0 Å². The van der Waals surface area contributed by atoms with Crippen molar-refractivity contribution in [3.05, 3.63) is 29.8 Å². The molecule has 2 heteroatoms. The first-order valence-corrected chi connectivity index (χ1v) is 7.19. The van der Waals surface area contributed by atoms with Crippen LogP contribution in [0.15, 0.2) is 24.3 Å². The molecule has 0 radical (unpaired) electrons. The molecule has 1 aliphatic rings. The Balaban J connectivity index is 1.70. The first kappa shape index (κ1) is 13.4. The summed E-state index contributed by atoms with van der Waals surface area (Å²) in [5.74, 6) is 1.42. The topological polar surface area (TPSA) is 29.5 Å². The van der Waals surface area contributed by atoms with Crippen molar-refractivity contribution in [1.29, 1.82) is 0 Å². The van der Waals surface area contributed by atoms with E-state index in [1.807, 2.05) is 12.1 Å². The minimum absolute atomic E-state index is 0.178. The van der Waals surface area contributed by atoms with Crippen LogP contribution in [0.3, 0.4) is 0 Å². The van der Waals surface area contributed by atoms with Crippen LogP contribution in [0, 0.1) is 5.92 Å². The van der Waals surface area contributed by atoms with Gasteiger partial charge in [0.1, 0.15) is 5.75 Å². The minimum Gasteiger partial charge on any atom is -0.493 e. The molecule has 100 valence electrons. The molecule has 0 aromatic heterocycles. The third kappa shape index (κ3) is 3.74. The van der Waals surface area contributed by atoms with Crippen LogP contribution < -0.4 is 4.74 Å². The van der Waals surface area contributed by atoms with Gasteiger partial charge < -0.3 is 9.84 Å². The smallest absolute Gasteiger partial charge is 0.119 e. The van der Waals surface area contributed by atoms with Gasteiger partial charge in [0.15, 0.2) is 0 Å². The molecule has 0 amide bonds. The van der Waals surface area contributed by atoms with Crippen LogP contribution >= 0.6 is 0 Å². The van der Waals surface area contributed by atoms with E-state index < -0.39 is 0 Å². The zero-order valence-electron chi connectivity index (χ0n) is 11.3. The molecule has 1 saturated carbocycles. The van der Waals surface area contributed by atoms with E-state index in [1.54, 1.807) is 0 Å². The van der Waals surface area contributed by atoms with Gasteiger partial charge in [0, 0.05) is 6.42 Å². The van der Waals surface area contributed by atoms with Crippen molar-refractivity contribution in [2.24, 2.45) is 5.92 Å². The average molecular weight is 248 g/mol. The van der Waals surface area contributed by atoms with E-state index in [1.165, 1.54) is 31.2 Å². The molecule has 1 unspecified atom stereocenters. The Labute approximate surface area is 110 Å². The summed E-state index contributed by atoms with van der Waals surface area (Å²) in [5.41, 5.74) is 1.33. The highest BCUT2D eigenvalue weighted by Crippen LogP contribution is 2.29. The summed E-state index contributed by atoms with van der Waals surface area (Å²) in [5, 5.41) is 10.0. The second-order valence-corrected chi connectivity index (χ2v) is 5.25. The number of aliphatic hydroxyl groups excluding tert-OH is 1. The molecule has 1 aliphatic carbocycles. The van der Waals surface area contributed by atoms with E-state index >= 15 is 0 Å². The SMILES string of the molecule is CCc1ccc(OCCC(O)C2CCCC2)cc1. The Kier molecular flexibility index (Phi) is 5.06. The third-order valence-corrected chi connectivity index (χ3v) is 3.96. The standard InChI is InChI=1S/C16H24O2/c1-2-13-7-9-15(10-8-13)18-12-11-16(17)14-5-3-4-6-14/h7-10,14,16-17H,2-6,11-12H2,1H3. The maximum absolute atomic E-state index is 10.0. The molecule has 0 heterocycles. The molecule has 2 nitrogen and oxygen atoms in total. The molecule has 2 rings (SSSR count).